The van der Waals surface area contributed by atoms with Gasteiger partial charge in [-0.05, 0) is 74.7 Å². The highest BCUT2D eigenvalue weighted by Gasteiger charge is 2.26. The minimum Gasteiger partial charge on any atom is -0.446 e. The molecule has 0 saturated heterocycles. The molecule has 1 aliphatic rings. The first-order valence-electron chi connectivity index (χ1n) is 10.7. The van der Waals surface area contributed by atoms with Crippen LogP contribution in [0.25, 0.3) is 21.8 Å². The van der Waals surface area contributed by atoms with Crippen molar-refractivity contribution in [1.82, 2.24) is 20.1 Å². The molecule has 4 aromatic rings. The van der Waals surface area contributed by atoms with Gasteiger partial charge in [-0.25, -0.2) is 4.79 Å². The van der Waals surface area contributed by atoms with Gasteiger partial charge in [-0.1, -0.05) is 6.07 Å². The van der Waals surface area contributed by atoms with E-state index in [1.54, 1.807) is 0 Å². The molecule has 0 bridgehead atoms. The Labute approximate surface area is 180 Å². The fraction of sp³-hybridized carbons (Fsp3) is 0.333. The number of H-pyrrole nitrogens is 2. The maximum atomic E-state index is 12.0. The van der Waals surface area contributed by atoms with Crippen molar-refractivity contribution in [2.24, 2.45) is 0 Å². The third-order valence-electron chi connectivity index (χ3n) is 5.86. The SMILES string of the molecule is Cc1[nH]c2ccc(NC(=O)OC3CC3)cc2c1CCN(C)Cc1ccc2[nH]ncc2c1. The van der Waals surface area contributed by atoms with Crippen molar-refractivity contribution in [2.75, 3.05) is 18.9 Å². The smallest absolute Gasteiger partial charge is 0.411 e. The minimum absolute atomic E-state index is 0.0959. The van der Waals surface area contributed by atoms with Gasteiger partial charge in [0.05, 0.1) is 11.7 Å². The number of benzene rings is 2. The molecule has 1 saturated carbocycles. The minimum atomic E-state index is -0.370. The van der Waals surface area contributed by atoms with Gasteiger partial charge in [-0.15, -0.1) is 0 Å². The summed E-state index contributed by atoms with van der Waals surface area (Å²) in [6.07, 6.45) is 4.45. The number of hydrogen-bond acceptors (Lipinski definition) is 4. The lowest BCUT2D eigenvalue weighted by Crippen LogP contribution is -2.20. The molecule has 1 amide bonds. The summed E-state index contributed by atoms with van der Waals surface area (Å²) in [5.74, 6) is 0. The average Bonchev–Trinajstić information content (AvgIpc) is 3.32. The number of aryl methyl sites for hydroxylation is 1. The second-order valence-electron chi connectivity index (χ2n) is 8.50. The summed E-state index contributed by atoms with van der Waals surface area (Å²) in [7, 11) is 2.14. The monoisotopic (exact) mass is 417 g/mol. The summed E-state index contributed by atoms with van der Waals surface area (Å²) in [4.78, 5) is 17.8. The van der Waals surface area contributed by atoms with Gasteiger partial charge < -0.3 is 14.6 Å². The Balaban J connectivity index is 1.26. The van der Waals surface area contributed by atoms with Crippen LogP contribution in [-0.4, -0.2) is 45.9 Å². The van der Waals surface area contributed by atoms with E-state index in [-0.39, 0.29) is 12.2 Å². The van der Waals surface area contributed by atoms with Crippen LogP contribution in [-0.2, 0) is 17.7 Å². The lowest BCUT2D eigenvalue weighted by Gasteiger charge is -2.17. The summed E-state index contributed by atoms with van der Waals surface area (Å²) < 4.78 is 5.30. The standard InChI is InChI=1S/C24H27N5O2/c1-15-20(9-10-29(2)14-16-3-7-22-17(11-16)13-25-28-22)21-12-18(4-8-23(21)26-15)27-24(30)31-19-5-6-19/h3-4,7-8,11-13,19,26H,5-6,9-10,14H2,1-2H3,(H,25,28)(H,27,30). The van der Waals surface area contributed by atoms with Crippen molar-refractivity contribution < 1.29 is 9.53 Å². The molecule has 7 heteroatoms. The molecule has 2 heterocycles. The Kier molecular flexibility index (Phi) is 5.11. The van der Waals surface area contributed by atoms with Crippen molar-refractivity contribution in [2.45, 2.75) is 38.8 Å². The lowest BCUT2D eigenvalue weighted by atomic mass is 10.1. The summed E-state index contributed by atoms with van der Waals surface area (Å²) in [6.45, 7) is 3.91. The van der Waals surface area contributed by atoms with Gasteiger partial charge in [0.1, 0.15) is 6.10 Å². The Bertz CT molecular complexity index is 1240. The Morgan fingerprint density at radius 3 is 2.90 bits per heavy atom. The van der Waals surface area contributed by atoms with Crippen molar-refractivity contribution in [3.05, 3.63) is 59.4 Å². The number of amides is 1. The molecular formula is C24H27N5O2. The third-order valence-corrected chi connectivity index (χ3v) is 5.86. The molecule has 2 aromatic heterocycles. The highest BCUT2D eigenvalue weighted by Crippen LogP contribution is 2.27. The summed E-state index contributed by atoms with van der Waals surface area (Å²) in [5, 5.41) is 12.2. The number of anilines is 1. The molecule has 160 valence electrons. The van der Waals surface area contributed by atoms with E-state index >= 15 is 0 Å². The van der Waals surface area contributed by atoms with Crippen molar-refractivity contribution in [3.8, 4) is 0 Å². The van der Waals surface area contributed by atoms with Crippen LogP contribution >= 0.6 is 0 Å². The molecule has 0 spiro atoms. The molecule has 5 rings (SSSR count). The quantitative estimate of drug-likeness (QED) is 0.405. The second kappa shape index (κ2) is 8.07. The van der Waals surface area contributed by atoms with Crippen LogP contribution in [0.5, 0.6) is 0 Å². The normalized spacial score (nSPS) is 13.9. The topological polar surface area (TPSA) is 86.0 Å². The molecule has 0 atom stereocenters. The van der Waals surface area contributed by atoms with Gasteiger partial charge in [0.15, 0.2) is 0 Å². The zero-order valence-corrected chi connectivity index (χ0v) is 17.9. The molecule has 1 aliphatic carbocycles. The predicted octanol–water partition coefficient (Wildman–Crippen LogP) is 4.74. The highest BCUT2D eigenvalue weighted by atomic mass is 16.6. The van der Waals surface area contributed by atoms with E-state index in [9.17, 15) is 4.79 Å². The largest absolute Gasteiger partial charge is 0.446 e. The van der Waals surface area contributed by atoms with E-state index in [1.807, 2.05) is 24.4 Å². The molecule has 1 fully saturated rings. The molecule has 0 unspecified atom stereocenters. The van der Waals surface area contributed by atoms with E-state index in [2.05, 4.69) is 57.6 Å². The van der Waals surface area contributed by atoms with Crippen LogP contribution in [0.3, 0.4) is 0 Å². The lowest BCUT2D eigenvalue weighted by molar-refractivity contribution is 0.154. The number of carbonyl (C=O) groups is 1. The number of nitrogens with one attached hydrogen (secondary N) is 3. The number of aromatic nitrogens is 3. The second-order valence-corrected chi connectivity index (χ2v) is 8.50. The van der Waals surface area contributed by atoms with Crippen LogP contribution < -0.4 is 5.32 Å². The van der Waals surface area contributed by atoms with Gasteiger partial charge >= 0.3 is 6.09 Å². The van der Waals surface area contributed by atoms with Crippen LogP contribution in [0.4, 0.5) is 10.5 Å². The van der Waals surface area contributed by atoms with Gasteiger partial charge in [-0.3, -0.25) is 10.4 Å². The average molecular weight is 418 g/mol. The fourth-order valence-corrected chi connectivity index (χ4v) is 4.05. The summed E-state index contributed by atoms with van der Waals surface area (Å²) in [6, 6.07) is 12.4. The third kappa shape index (κ3) is 4.41. The molecule has 2 aromatic carbocycles. The van der Waals surface area contributed by atoms with Crippen molar-refractivity contribution >= 4 is 33.6 Å². The first kappa shape index (κ1) is 19.6. The van der Waals surface area contributed by atoms with Crippen LogP contribution in [0.15, 0.2) is 42.6 Å². The van der Waals surface area contributed by atoms with E-state index in [0.717, 1.165) is 59.8 Å². The zero-order valence-electron chi connectivity index (χ0n) is 17.9. The molecule has 0 radical (unpaired) electrons. The first-order chi connectivity index (χ1) is 15.0. The summed E-state index contributed by atoms with van der Waals surface area (Å²) in [5.41, 5.74) is 6.63. The fourth-order valence-electron chi connectivity index (χ4n) is 4.05. The summed E-state index contributed by atoms with van der Waals surface area (Å²) >= 11 is 0. The number of rotatable bonds is 7. The van der Waals surface area contributed by atoms with Crippen molar-refractivity contribution in [3.63, 3.8) is 0 Å². The van der Waals surface area contributed by atoms with E-state index in [1.165, 1.54) is 16.8 Å². The number of aromatic amines is 2. The van der Waals surface area contributed by atoms with E-state index < -0.39 is 0 Å². The van der Waals surface area contributed by atoms with E-state index in [0.29, 0.717) is 0 Å². The van der Waals surface area contributed by atoms with Crippen LogP contribution in [0.2, 0.25) is 0 Å². The van der Waals surface area contributed by atoms with Gasteiger partial charge in [0.2, 0.25) is 0 Å². The zero-order chi connectivity index (χ0) is 21.4. The highest BCUT2D eigenvalue weighted by molar-refractivity contribution is 5.92. The Morgan fingerprint density at radius 1 is 1.23 bits per heavy atom. The molecular weight excluding hydrogens is 390 g/mol. The first-order valence-corrected chi connectivity index (χ1v) is 10.7. The van der Waals surface area contributed by atoms with Crippen molar-refractivity contribution in [1.29, 1.82) is 0 Å². The Hall–Kier alpha value is -3.32. The van der Waals surface area contributed by atoms with Gasteiger partial charge in [0, 0.05) is 40.8 Å². The predicted molar refractivity (Wildman–Crippen MR) is 122 cm³/mol. The molecule has 0 aliphatic heterocycles. The number of carbonyl (C=O) groups excluding carboxylic acids is 1. The van der Waals surface area contributed by atoms with Crippen LogP contribution in [0, 0.1) is 6.92 Å². The maximum Gasteiger partial charge on any atom is 0.411 e. The number of nitrogens with zero attached hydrogens (tertiary/aromatic N) is 2. The molecule has 31 heavy (non-hydrogen) atoms. The van der Waals surface area contributed by atoms with Gasteiger partial charge in [-0.2, -0.15) is 5.10 Å². The molecule has 7 nitrogen and oxygen atoms in total. The van der Waals surface area contributed by atoms with Gasteiger partial charge in [0.25, 0.3) is 0 Å². The molecule has 3 N–H and O–H groups in total. The number of fused-ring (bicyclic) bond motifs is 2. The Morgan fingerprint density at radius 2 is 2.06 bits per heavy atom. The number of ether oxygens (including phenoxy) is 1. The van der Waals surface area contributed by atoms with Crippen LogP contribution in [0.1, 0.15) is 29.7 Å². The maximum absolute atomic E-state index is 12.0. The number of hydrogen-bond donors (Lipinski definition) is 3. The number of likely N-dealkylation sites (N-methyl/N-ethyl adjacent to an activating group) is 1. The van der Waals surface area contributed by atoms with E-state index in [4.69, 9.17) is 4.74 Å².